The van der Waals surface area contributed by atoms with Crippen LogP contribution in [0.5, 0.6) is 0 Å². The first-order valence-corrected chi connectivity index (χ1v) is 5.26. The van der Waals surface area contributed by atoms with Crippen LogP contribution in [0, 0.1) is 0 Å². The number of rotatable bonds is 1. The summed E-state index contributed by atoms with van der Waals surface area (Å²) in [5.74, 6) is -1.18. The molecule has 1 aromatic rings. The number of benzene rings is 1. The molecule has 1 atom stereocenters. The van der Waals surface area contributed by atoms with E-state index >= 15 is 0 Å². The molecule has 0 spiro atoms. The quantitative estimate of drug-likeness (QED) is 0.680. The van der Waals surface area contributed by atoms with Crippen LogP contribution in [0.15, 0.2) is 18.2 Å². The predicted octanol–water partition coefficient (Wildman–Crippen LogP) is 1.56. The molecule has 1 heterocycles. The number of nitrogens with one attached hydrogen (secondary N) is 2. The zero-order valence-electron chi connectivity index (χ0n) is 9.41. The maximum atomic E-state index is 12.4. The third-order valence-electron chi connectivity index (χ3n) is 2.54. The van der Waals surface area contributed by atoms with Crippen molar-refractivity contribution >= 4 is 23.2 Å². The van der Waals surface area contributed by atoms with Crippen LogP contribution in [-0.4, -0.2) is 23.1 Å². The predicted molar refractivity (Wildman–Crippen MR) is 59.3 cm³/mol. The molecule has 0 saturated heterocycles. The molecule has 1 unspecified atom stereocenters. The van der Waals surface area contributed by atoms with Crippen LogP contribution in [0.4, 0.5) is 24.5 Å². The molecule has 1 aliphatic rings. The lowest BCUT2D eigenvalue weighted by Crippen LogP contribution is -2.20. The Balaban J connectivity index is 2.38. The van der Waals surface area contributed by atoms with Crippen LogP contribution in [-0.2, 0) is 9.59 Å². The van der Waals surface area contributed by atoms with Crippen LogP contribution < -0.4 is 10.6 Å². The molecule has 19 heavy (non-hydrogen) atoms. The van der Waals surface area contributed by atoms with Gasteiger partial charge in [0.05, 0.1) is 11.4 Å². The van der Waals surface area contributed by atoms with E-state index in [1.807, 2.05) is 0 Å². The number of hydrogen-bond donors (Lipinski definition) is 3. The van der Waals surface area contributed by atoms with Crippen molar-refractivity contribution in [1.29, 1.82) is 0 Å². The number of halogens is 3. The second-order valence-corrected chi connectivity index (χ2v) is 4.02. The second kappa shape index (κ2) is 4.54. The number of hydrogen-bond acceptors (Lipinski definition) is 3. The summed E-state index contributed by atoms with van der Waals surface area (Å²) < 4.78 is 37.1. The van der Waals surface area contributed by atoms with Crippen molar-refractivity contribution in [2.24, 2.45) is 0 Å². The molecule has 0 radical (unpaired) electrons. The van der Waals surface area contributed by atoms with Crippen LogP contribution >= 0.6 is 0 Å². The number of amides is 2. The topological polar surface area (TPSA) is 78.4 Å². The Hall–Kier alpha value is -2.09. The van der Waals surface area contributed by atoms with E-state index in [1.165, 1.54) is 6.07 Å². The molecule has 0 aromatic heterocycles. The van der Waals surface area contributed by atoms with Crippen LogP contribution in [0.2, 0.25) is 0 Å². The molecule has 8 heteroatoms. The summed E-state index contributed by atoms with van der Waals surface area (Å²) in [5, 5.41) is 13.8. The van der Waals surface area contributed by atoms with Crippen molar-refractivity contribution in [3.8, 4) is 0 Å². The maximum absolute atomic E-state index is 12.4. The summed E-state index contributed by atoms with van der Waals surface area (Å²) in [5.41, 5.74) is -0.201. The lowest BCUT2D eigenvalue weighted by molar-refractivity contribution is -0.206. The first-order valence-electron chi connectivity index (χ1n) is 5.26. The number of anilines is 2. The first-order chi connectivity index (χ1) is 8.77. The summed E-state index contributed by atoms with van der Waals surface area (Å²) >= 11 is 0. The highest BCUT2D eigenvalue weighted by Gasteiger charge is 2.39. The lowest BCUT2D eigenvalue weighted by atomic mass is 10.1. The number of alkyl halides is 3. The molecule has 0 saturated carbocycles. The molecule has 0 aliphatic carbocycles. The second-order valence-electron chi connectivity index (χ2n) is 4.02. The third-order valence-corrected chi connectivity index (χ3v) is 2.54. The molecular weight excluding hydrogens is 265 g/mol. The fraction of sp³-hybridized carbons (Fsp3) is 0.273. The third kappa shape index (κ3) is 2.84. The molecule has 2 amide bonds. The van der Waals surface area contributed by atoms with Crippen molar-refractivity contribution in [3.63, 3.8) is 0 Å². The van der Waals surface area contributed by atoms with Gasteiger partial charge in [0, 0.05) is 0 Å². The summed E-state index contributed by atoms with van der Waals surface area (Å²) in [4.78, 5) is 22.5. The van der Waals surface area contributed by atoms with Gasteiger partial charge < -0.3 is 15.7 Å². The molecule has 1 aromatic carbocycles. The Morgan fingerprint density at radius 2 is 1.68 bits per heavy atom. The van der Waals surface area contributed by atoms with Crippen molar-refractivity contribution < 1.29 is 27.9 Å². The number of aliphatic hydroxyl groups excluding tert-OH is 1. The summed E-state index contributed by atoms with van der Waals surface area (Å²) in [6, 6.07) is 3.22. The summed E-state index contributed by atoms with van der Waals surface area (Å²) in [6.07, 6.45) is -7.86. The Morgan fingerprint density at radius 3 is 2.26 bits per heavy atom. The van der Waals surface area contributed by atoms with Crippen molar-refractivity contribution in [2.75, 3.05) is 10.6 Å². The van der Waals surface area contributed by atoms with E-state index in [-0.39, 0.29) is 11.4 Å². The minimum absolute atomic E-state index is 0.0247. The minimum Gasteiger partial charge on any atom is -0.379 e. The van der Waals surface area contributed by atoms with E-state index < -0.39 is 36.1 Å². The Bertz CT molecular complexity index is 542. The SMILES string of the molecule is O=C1CC(=O)Nc2cc(C(O)C(F)(F)F)ccc2N1. The van der Waals surface area contributed by atoms with Gasteiger partial charge in [0.15, 0.2) is 6.10 Å². The molecule has 0 bridgehead atoms. The maximum Gasteiger partial charge on any atom is 0.418 e. The van der Waals surface area contributed by atoms with Crippen molar-refractivity contribution in [3.05, 3.63) is 23.8 Å². The Morgan fingerprint density at radius 1 is 1.11 bits per heavy atom. The van der Waals surface area contributed by atoms with Gasteiger partial charge in [-0.2, -0.15) is 13.2 Å². The average Bonchev–Trinajstić information content (AvgIpc) is 2.42. The molecule has 2 rings (SSSR count). The van der Waals surface area contributed by atoms with Crippen LogP contribution in [0.3, 0.4) is 0 Å². The van der Waals surface area contributed by atoms with E-state index in [2.05, 4.69) is 10.6 Å². The van der Waals surface area contributed by atoms with Gasteiger partial charge in [-0.25, -0.2) is 0 Å². The van der Waals surface area contributed by atoms with E-state index in [9.17, 15) is 22.8 Å². The monoisotopic (exact) mass is 274 g/mol. The van der Waals surface area contributed by atoms with Gasteiger partial charge in [0.1, 0.15) is 6.42 Å². The van der Waals surface area contributed by atoms with E-state index in [1.54, 1.807) is 0 Å². The first kappa shape index (κ1) is 13.3. The fourth-order valence-corrected chi connectivity index (χ4v) is 1.67. The average molecular weight is 274 g/mol. The van der Waals surface area contributed by atoms with Crippen LogP contribution in [0.25, 0.3) is 0 Å². The van der Waals surface area contributed by atoms with E-state index in [4.69, 9.17) is 5.11 Å². The molecular formula is C11H9F3N2O3. The molecule has 1 aliphatic heterocycles. The van der Waals surface area contributed by atoms with Gasteiger partial charge in [-0.05, 0) is 17.7 Å². The van der Waals surface area contributed by atoms with Gasteiger partial charge in [-0.15, -0.1) is 0 Å². The standard InChI is InChI=1S/C11H9F3N2O3/c12-11(13,14)10(19)5-1-2-6-7(3-5)16-9(18)4-8(17)15-6/h1-3,10,19H,4H2,(H,15,17)(H,16,18). The number of carbonyl (C=O) groups excluding carboxylic acids is 2. The van der Waals surface area contributed by atoms with Gasteiger partial charge in [-0.3, -0.25) is 9.59 Å². The Kier molecular flexibility index (Phi) is 3.19. The number of aliphatic hydroxyl groups is 1. The Labute approximate surface area is 105 Å². The van der Waals surface area contributed by atoms with Gasteiger partial charge in [0.25, 0.3) is 0 Å². The molecule has 3 N–H and O–H groups in total. The van der Waals surface area contributed by atoms with Gasteiger partial charge in [0.2, 0.25) is 11.8 Å². The highest BCUT2D eigenvalue weighted by atomic mass is 19.4. The fourth-order valence-electron chi connectivity index (χ4n) is 1.67. The largest absolute Gasteiger partial charge is 0.418 e. The number of carbonyl (C=O) groups is 2. The normalized spacial score (nSPS) is 17.1. The van der Waals surface area contributed by atoms with Gasteiger partial charge >= 0.3 is 6.18 Å². The minimum atomic E-state index is -4.80. The summed E-state index contributed by atoms with van der Waals surface area (Å²) in [7, 11) is 0. The zero-order valence-corrected chi connectivity index (χ0v) is 9.41. The summed E-state index contributed by atoms with van der Waals surface area (Å²) in [6.45, 7) is 0. The van der Waals surface area contributed by atoms with Crippen LogP contribution in [0.1, 0.15) is 18.1 Å². The highest BCUT2D eigenvalue weighted by Crippen LogP contribution is 2.35. The van der Waals surface area contributed by atoms with E-state index in [0.29, 0.717) is 0 Å². The van der Waals surface area contributed by atoms with Crippen molar-refractivity contribution in [2.45, 2.75) is 18.7 Å². The molecule has 5 nitrogen and oxygen atoms in total. The molecule has 102 valence electrons. The molecule has 0 fully saturated rings. The van der Waals surface area contributed by atoms with Gasteiger partial charge in [-0.1, -0.05) is 6.07 Å². The zero-order chi connectivity index (χ0) is 14.2. The lowest BCUT2D eigenvalue weighted by Gasteiger charge is -2.16. The smallest absolute Gasteiger partial charge is 0.379 e. The van der Waals surface area contributed by atoms with E-state index in [0.717, 1.165) is 12.1 Å². The highest BCUT2D eigenvalue weighted by molar-refractivity contribution is 6.13. The van der Waals surface area contributed by atoms with Crippen molar-refractivity contribution in [1.82, 2.24) is 0 Å². The number of fused-ring (bicyclic) bond motifs is 1.